The van der Waals surface area contributed by atoms with Gasteiger partial charge in [0.2, 0.25) is 17.9 Å². The molecule has 5 rings (SSSR count). The molecule has 0 saturated heterocycles. The van der Waals surface area contributed by atoms with Crippen LogP contribution in [0.2, 0.25) is 0 Å². The van der Waals surface area contributed by atoms with Gasteiger partial charge in [0.1, 0.15) is 5.82 Å². The molecular formula is C21H16FN5O3S. The summed E-state index contributed by atoms with van der Waals surface area (Å²) in [6.07, 6.45) is 0. The molecule has 0 bridgehead atoms. The molecule has 0 fully saturated rings. The van der Waals surface area contributed by atoms with E-state index in [-0.39, 0.29) is 24.3 Å². The number of anilines is 1. The average Bonchev–Trinajstić information content (AvgIpc) is 3.40. The summed E-state index contributed by atoms with van der Waals surface area (Å²) in [5.74, 6) is 0.796. The van der Waals surface area contributed by atoms with Crippen LogP contribution < -0.4 is 14.8 Å². The van der Waals surface area contributed by atoms with E-state index in [4.69, 9.17) is 9.47 Å². The zero-order valence-corrected chi connectivity index (χ0v) is 17.1. The van der Waals surface area contributed by atoms with E-state index in [1.807, 2.05) is 24.3 Å². The summed E-state index contributed by atoms with van der Waals surface area (Å²) in [6.45, 7) is 1.87. The second-order valence-corrected chi connectivity index (χ2v) is 7.78. The number of ether oxygens (including phenoxy) is 2. The molecule has 1 N–H and O–H groups in total. The predicted molar refractivity (Wildman–Crippen MR) is 113 cm³/mol. The first-order chi connectivity index (χ1) is 15.1. The van der Waals surface area contributed by atoms with Crippen molar-refractivity contribution in [1.82, 2.24) is 19.8 Å². The number of fused-ring (bicyclic) bond motifs is 2. The largest absolute Gasteiger partial charge is 0.454 e. The topological polar surface area (TPSA) is 90.6 Å². The molecule has 156 valence electrons. The zero-order chi connectivity index (χ0) is 21.4. The van der Waals surface area contributed by atoms with Crippen molar-refractivity contribution in [2.24, 2.45) is 0 Å². The molecule has 0 atom stereocenters. The Morgan fingerprint density at radius 1 is 1.13 bits per heavy atom. The summed E-state index contributed by atoms with van der Waals surface area (Å²) in [7, 11) is 0. The summed E-state index contributed by atoms with van der Waals surface area (Å²) < 4.78 is 26.0. The van der Waals surface area contributed by atoms with Crippen molar-refractivity contribution in [3.05, 3.63) is 59.9 Å². The highest BCUT2D eigenvalue weighted by Gasteiger charge is 2.16. The minimum Gasteiger partial charge on any atom is -0.454 e. The first-order valence-corrected chi connectivity index (χ1v) is 10.4. The van der Waals surface area contributed by atoms with Gasteiger partial charge in [-0.15, -0.1) is 10.2 Å². The van der Waals surface area contributed by atoms with Crippen molar-refractivity contribution in [2.75, 3.05) is 17.9 Å². The maximum Gasteiger partial charge on any atom is 0.234 e. The number of hydrogen-bond donors (Lipinski definition) is 1. The standard InChI is InChI=1S/C21H16FN5O3S/c1-12-2-4-14(9-15(12)22)23-20(28)10-31-21-25-24-19-7-5-16(26-27(19)21)13-3-6-17-18(8-13)30-11-29-17/h2-9H,10-11H2,1H3,(H,23,28). The Bertz CT molecular complexity index is 1310. The van der Waals surface area contributed by atoms with Crippen LogP contribution >= 0.6 is 11.8 Å². The Kier molecular flexibility index (Phi) is 4.91. The van der Waals surface area contributed by atoms with E-state index < -0.39 is 0 Å². The number of nitrogens with zero attached hydrogens (tertiary/aromatic N) is 4. The highest BCUT2D eigenvalue weighted by Crippen LogP contribution is 2.35. The van der Waals surface area contributed by atoms with Crippen LogP contribution in [-0.4, -0.2) is 38.3 Å². The smallest absolute Gasteiger partial charge is 0.234 e. The average molecular weight is 437 g/mol. The number of nitrogens with one attached hydrogen (secondary N) is 1. The monoisotopic (exact) mass is 437 g/mol. The maximum absolute atomic E-state index is 13.7. The first-order valence-electron chi connectivity index (χ1n) is 9.38. The Labute approximate surface area is 180 Å². The van der Waals surface area contributed by atoms with E-state index >= 15 is 0 Å². The molecule has 10 heteroatoms. The minimum absolute atomic E-state index is 0.0756. The molecule has 2 aromatic heterocycles. The Morgan fingerprint density at radius 3 is 2.87 bits per heavy atom. The molecule has 4 aromatic rings. The van der Waals surface area contributed by atoms with Crippen LogP contribution in [0.1, 0.15) is 5.56 Å². The lowest BCUT2D eigenvalue weighted by atomic mass is 10.1. The number of benzene rings is 2. The molecule has 31 heavy (non-hydrogen) atoms. The van der Waals surface area contributed by atoms with Gasteiger partial charge < -0.3 is 14.8 Å². The van der Waals surface area contributed by atoms with E-state index in [9.17, 15) is 9.18 Å². The van der Waals surface area contributed by atoms with Gasteiger partial charge in [0.25, 0.3) is 0 Å². The minimum atomic E-state index is -0.367. The number of aryl methyl sites for hydroxylation is 1. The van der Waals surface area contributed by atoms with Gasteiger partial charge in [-0.3, -0.25) is 4.79 Å². The summed E-state index contributed by atoms with van der Waals surface area (Å²) in [6, 6.07) is 13.8. The number of carbonyl (C=O) groups excluding carboxylic acids is 1. The summed E-state index contributed by atoms with van der Waals surface area (Å²) in [5, 5.41) is 16.0. The van der Waals surface area contributed by atoms with E-state index in [1.165, 1.54) is 17.8 Å². The fourth-order valence-electron chi connectivity index (χ4n) is 3.07. The number of amides is 1. The second kappa shape index (κ2) is 7.88. The van der Waals surface area contributed by atoms with Crippen molar-refractivity contribution >= 4 is 29.0 Å². The maximum atomic E-state index is 13.7. The fraction of sp³-hybridized carbons (Fsp3) is 0.143. The van der Waals surface area contributed by atoms with Crippen LogP contribution in [-0.2, 0) is 4.79 Å². The fourth-order valence-corrected chi connectivity index (χ4v) is 3.75. The molecule has 1 aliphatic rings. The van der Waals surface area contributed by atoms with Gasteiger partial charge in [-0.25, -0.2) is 4.39 Å². The molecule has 0 spiro atoms. The second-order valence-electron chi connectivity index (χ2n) is 6.84. The van der Waals surface area contributed by atoms with Gasteiger partial charge in [0.15, 0.2) is 17.1 Å². The number of halogens is 1. The molecule has 0 aliphatic carbocycles. The van der Waals surface area contributed by atoms with E-state index in [2.05, 4.69) is 20.6 Å². The quantitative estimate of drug-likeness (QED) is 0.476. The van der Waals surface area contributed by atoms with Crippen LogP contribution in [0.5, 0.6) is 11.5 Å². The SMILES string of the molecule is Cc1ccc(NC(=O)CSc2nnc3ccc(-c4ccc5c(c4)OCO5)nn23)cc1F. The summed E-state index contributed by atoms with van der Waals surface area (Å²) in [5.41, 5.74) is 3.05. The van der Waals surface area contributed by atoms with Crippen LogP contribution in [0.15, 0.2) is 53.7 Å². The third kappa shape index (κ3) is 3.89. The van der Waals surface area contributed by atoms with E-state index in [1.54, 1.807) is 29.6 Å². The molecule has 0 radical (unpaired) electrons. The van der Waals surface area contributed by atoms with Crippen LogP contribution in [0.4, 0.5) is 10.1 Å². The van der Waals surface area contributed by atoms with Gasteiger partial charge in [0.05, 0.1) is 11.4 Å². The van der Waals surface area contributed by atoms with E-state index in [0.29, 0.717) is 39.2 Å². The Hall–Kier alpha value is -3.66. The van der Waals surface area contributed by atoms with Gasteiger partial charge in [-0.1, -0.05) is 17.8 Å². The van der Waals surface area contributed by atoms with Gasteiger partial charge in [-0.05, 0) is 55.0 Å². The summed E-state index contributed by atoms with van der Waals surface area (Å²) >= 11 is 1.19. The van der Waals surface area contributed by atoms with Crippen molar-refractivity contribution in [2.45, 2.75) is 12.1 Å². The first kappa shape index (κ1) is 19.3. The van der Waals surface area contributed by atoms with E-state index in [0.717, 1.165) is 5.56 Å². The highest BCUT2D eigenvalue weighted by atomic mass is 32.2. The van der Waals surface area contributed by atoms with Gasteiger partial charge >= 0.3 is 0 Å². The van der Waals surface area contributed by atoms with Gasteiger partial charge in [0, 0.05) is 11.3 Å². The molecule has 2 aromatic carbocycles. The Morgan fingerprint density at radius 2 is 2.00 bits per heavy atom. The number of hydrogen-bond acceptors (Lipinski definition) is 7. The van der Waals surface area contributed by atoms with Crippen molar-refractivity contribution < 1.29 is 18.7 Å². The van der Waals surface area contributed by atoms with Crippen LogP contribution in [0, 0.1) is 12.7 Å². The molecule has 1 amide bonds. The Balaban J connectivity index is 1.32. The number of carbonyl (C=O) groups is 1. The van der Waals surface area contributed by atoms with Crippen molar-refractivity contribution in [3.63, 3.8) is 0 Å². The molecule has 0 saturated carbocycles. The molecule has 8 nitrogen and oxygen atoms in total. The summed E-state index contributed by atoms with van der Waals surface area (Å²) in [4.78, 5) is 12.3. The predicted octanol–water partition coefficient (Wildman–Crippen LogP) is 3.70. The lowest BCUT2D eigenvalue weighted by molar-refractivity contribution is -0.113. The number of thioether (sulfide) groups is 1. The molecule has 1 aliphatic heterocycles. The molecular weight excluding hydrogens is 421 g/mol. The van der Waals surface area contributed by atoms with Crippen LogP contribution in [0.3, 0.4) is 0 Å². The molecule has 0 unspecified atom stereocenters. The van der Waals surface area contributed by atoms with Crippen LogP contribution in [0.25, 0.3) is 16.9 Å². The number of aromatic nitrogens is 4. The molecule has 3 heterocycles. The normalized spacial score (nSPS) is 12.3. The van der Waals surface area contributed by atoms with Crippen molar-refractivity contribution in [1.29, 1.82) is 0 Å². The third-order valence-corrected chi connectivity index (χ3v) is 5.61. The lowest BCUT2D eigenvalue weighted by Crippen LogP contribution is -2.14. The lowest BCUT2D eigenvalue weighted by Gasteiger charge is -2.06. The highest BCUT2D eigenvalue weighted by molar-refractivity contribution is 7.99. The zero-order valence-electron chi connectivity index (χ0n) is 16.3. The number of rotatable bonds is 5. The van der Waals surface area contributed by atoms with Gasteiger partial charge in [-0.2, -0.15) is 9.61 Å². The third-order valence-electron chi connectivity index (χ3n) is 4.69. The van der Waals surface area contributed by atoms with Crippen molar-refractivity contribution in [3.8, 4) is 22.8 Å².